The topological polar surface area (TPSA) is 77.2 Å². The number of hydrogen-bond donors (Lipinski definition) is 2. The maximum absolute atomic E-state index is 11.7. The molecule has 0 saturated carbocycles. The van der Waals surface area contributed by atoms with Crippen LogP contribution in [0.5, 0.6) is 5.75 Å². The molecule has 1 heterocycles. The Morgan fingerprint density at radius 3 is 2.68 bits per heavy atom. The lowest BCUT2D eigenvalue weighted by Gasteiger charge is -2.15. The van der Waals surface area contributed by atoms with Gasteiger partial charge in [0.15, 0.2) is 6.10 Å². The molecule has 1 aromatic heterocycles. The van der Waals surface area contributed by atoms with E-state index in [0.717, 1.165) is 12.1 Å². The maximum Gasteiger partial charge on any atom is 0.260 e. The highest BCUT2D eigenvalue weighted by atomic mass is 16.5. The summed E-state index contributed by atoms with van der Waals surface area (Å²) in [6.45, 7) is 7.04. The number of ether oxygens (including phenoxy) is 1. The smallest absolute Gasteiger partial charge is 0.260 e. The molecule has 5 nitrogen and oxygen atoms in total. The fraction of sp³-hybridized carbons (Fsp3) is 0.571. The van der Waals surface area contributed by atoms with Gasteiger partial charge in [0, 0.05) is 18.7 Å². The number of nitrogens with zero attached hydrogens (tertiary/aromatic N) is 1. The van der Waals surface area contributed by atoms with E-state index in [9.17, 15) is 4.79 Å². The Labute approximate surface area is 114 Å². The van der Waals surface area contributed by atoms with Gasteiger partial charge in [-0.2, -0.15) is 0 Å². The molecule has 0 aliphatic carbocycles. The highest BCUT2D eigenvalue weighted by Gasteiger charge is 2.14. The van der Waals surface area contributed by atoms with Gasteiger partial charge in [-0.25, -0.2) is 0 Å². The van der Waals surface area contributed by atoms with Crippen LogP contribution in [0.15, 0.2) is 18.3 Å². The van der Waals surface area contributed by atoms with E-state index in [0.29, 0.717) is 24.8 Å². The Bertz CT molecular complexity index is 390. The van der Waals surface area contributed by atoms with Crippen molar-refractivity contribution in [2.24, 2.45) is 11.7 Å². The van der Waals surface area contributed by atoms with Crippen molar-refractivity contribution in [2.75, 3.05) is 13.1 Å². The van der Waals surface area contributed by atoms with E-state index in [4.69, 9.17) is 10.5 Å². The van der Waals surface area contributed by atoms with E-state index in [1.807, 2.05) is 26.0 Å². The number of amides is 1. The number of nitrogens with one attached hydrogen (secondary N) is 1. The highest BCUT2D eigenvalue weighted by molar-refractivity contribution is 5.80. The average molecular weight is 265 g/mol. The van der Waals surface area contributed by atoms with Crippen LogP contribution >= 0.6 is 0 Å². The van der Waals surface area contributed by atoms with Crippen LogP contribution in [0.25, 0.3) is 0 Å². The molecule has 0 radical (unpaired) electrons. The number of carbonyl (C=O) groups excluding carboxylic acids is 1. The normalized spacial score (nSPS) is 12.3. The van der Waals surface area contributed by atoms with Crippen LogP contribution in [0.1, 0.15) is 26.5 Å². The van der Waals surface area contributed by atoms with Crippen molar-refractivity contribution in [1.82, 2.24) is 10.3 Å². The third-order valence-corrected chi connectivity index (χ3v) is 2.56. The summed E-state index contributed by atoms with van der Waals surface area (Å²) in [6.07, 6.45) is 1.84. The standard InChI is InChI=1S/C14H23N3O2/c1-10(2)8-17-14(18)11(3)19-13-5-4-12(6-7-15)16-9-13/h4-5,9-11H,6-8,15H2,1-3H3,(H,17,18). The molecule has 1 aromatic rings. The van der Waals surface area contributed by atoms with Gasteiger partial charge in [-0.15, -0.1) is 0 Å². The van der Waals surface area contributed by atoms with E-state index in [1.165, 1.54) is 0 Å². The number of carbonyl (C=O) groups is 1. The molecule has 1 amide bonds. The van der Waals surface area contributed by atoms with Gasteiger partial charge in [-0.05, 0) is 31.5 Å². The lowest BCUT2D eigenvalue weighted by Crippen LogP contribution is -2.38. The maximum atomic E-state index is 11.7. The summed E-state index contributed by atoms with van der Waals surface area (Å²) >= 11 is 0. The first kappa shape index (κ1) is 15.4. The zero-order valence-electron chi connectivity index (χ0n) is 11.8. The molecule has 0 aromatic carbocycles. The molecule has 0 bridgehead atoms. The van der Waals surface area contributed by atoms with Crippen molar-refractivity contribution >= 4 is 5.91 Å². The third kappa shape index (κ3) is 5.70. The number of pyridine rings is 1. The Morgan fingerprint density at radius 2 is 2.16 bits per heavy atom. The third-order valence-electron chi connectivity index (χ3n) is 2.56. The summed E-state index contributed by atoms with van der Waals surface area (Å²) in [4.78, 5) is 16.0. The fourth-order valence-electron chi connectivity index (χ4n) is 1.48. The summed E-state index contributed by atoms with van der Waals surface area (Å²) < 4.78 is 5.54. The lowest BCUT2D eigenvalue weighted by atomic mass is 10.2. The second-order valence-corrected chi connectivity index (χ2v) is 4.92. The second kappa shape index (κ2) is 7.74. The van der Waals surface area contributed by atoms with Gasteiger partial charge >= 0.3 is 0 Å². The van der Waals surface area contributed by atoms with E-state index in [2.05, 4.69) is 10.3 Å². The Hall–Kier alpha value is -1.62. The van der Waals surface area contributed by atoms with Gasteiger partial charge < -0.3 is 15.8 Å². The molecular formula is C14H23N3O2. The van der Waals surface area contributed by atoms with Crippen molar-refractivity contribution < 1.29 is 9.53 Å². The summed E-state index contributed by atoms with van der Waals surface area (Å²) in [5, 5.41) is 2.83. The zero-order chi connectivity index (χ0) is 14.3. The molecule has 19 heavy (non-hydrogen) atoms. The van der Waals surface area contributed by atoms with Gasteiger partial charge in [0.25, 0.3) is 5.91 Å². The Morgan fingerprint density at radius 1 is 1.42 bits per heavy atom. The van der Waals surface area contributed by atoms with Gasteiger partial charge in [-0.3, -0.25) is 9.78 Å². The molecule has 106 valence electrons. The van der Waals surface area contributed by atoms with Crippen LogP contribution in [-0.4, -0.2) is 30.1 Å². The predicted molar refractivity (Wildman–Crippen MR) is 74.9 cm³/mol. The second-order valence-electron chi connectivity index (χ2n) is 4.92. The predicted octanol–water partition coefficient (Wildman–Crippen LogP) is 1.12. The molecule has 0 spiro atoms. The number of nitrogens with two attached hydrogens (primary N) is 1. The first-order valence-corrected chi connectivity index (χ1v) is 6.62. The molecule has 0 saturated heterocycles. The minimum atomic E-state index is -0.527. The van der Waals surface area contributed by atoms with Crippen LogP contribution in [0.3, 0.4) is 0 Å². The van der Waals surface area contributed by atoms with Gasteiger partial charge in [0.2, 0.25) is 0 Å². The summed E-state index contributed by atoms with van der Waals surface area (Å²) in [7, 11) is 0. The first-order valence-electron chi connectivity index (χ1n) is 6.62. The average Bonchev–Trinajstić information content (AvgIpc) is 2.38. The molecule has 1 rings (SSSR count). The highest BCUT2D eigenvalue weighted by Crippen LogP contribution is 2.11. The van der Waals surface area contributed by atoms with Gasteiger partial charge in [-0.1, -0.05) is 13.8 Å². The summed E-state index contributed by atoms with van der Waals surface area (Å²) in [6, 6.07) is 3.67. The van der Waals surface area contributed by atoms with Gasteiger partial charge in [0.1, 0.15) is 5.75 Å². The van der Waals surface area contributed by atoms with E-state index in [1.54, 1.807) is 13.1 Å². The SMILES string of the molecule is CC(C)CNC(=O)C(C)Oc1ccc(CCN)nc1. The molecular weight excluding hydrogens is 242 g/mol. The van der Waals surface area contributed by atoms with E-state index in [-0.39, 0.29) is 5.91 Å². The minimum absolute atomic E-state index is 0.111. The van der Waals surface area contributed by atoms with Crippen LogP contribution in [0.4, 0.5) is 0 Å². The quantitative estimate of drug-likeness (QED) is 0.774. The van der Waals surface area contributed by atoms with Crippen LogP contribution in [-0.2, 0) is 11.2 Å². The molecule has 1 unspecified atom stereocenters. The minimum Gasteiger partial charge on any atom is -0.479 e. The number of hydrogen-bond acceptors (Lipinski definition) is 4. The van der Waals surface area contributed by atoms with Crippen molar-refractivity contribution in [1.29, 1.82) is 0 Å². The van der Waals surface area contributed by atoms with E-state index >= 15 is 0 Å². The largest absolute Gasteiger partial charge is 0.479 e. The van der Waals surface area contributed by atoms with Gasteiger partial charge in [0.05, 0.1) is 6.20 Å². The van der Waals surface area contributed by atoms with Crippen molar-refractivity contribution in [3.8, 4) is 5.75 Å². The molecule has 3 N–H and O–H groups in total. The molecule has 0 fully saturated rings. The zero-order valence-corrected chi connectivity index (χ0v) is 11.8. The first-order chi connectivity index (χ1) is 9.02. The Kier molecular flexibility index (Phi) is 6.29. The van der Waals surface area contributed by atoms with Crippen molar-refractivity contribution in [3.05, 3.63) is 24.0 Å². The monoisotopic (exact) mass is 265 g/mol. The van der Waals surface area contributed by atoms with Crippen LogP contribution < -0.4 is 15.8 Å². The molecule has 1 atom stereocenters. The number of aromatic nitrogens is 1. The van der Waals surface area contributed by atoms with Crippen molar-refractivity contribution in [3.63, 3.8) is 0 Å². The summed E-state index contributed by atoms with van der Waals surface area (Å²) in [5.74, 6) is 0.904. The lowest BCUT2D eigenvalue weighted by molar-refractivity contribution is -0.127. The van der Waals surface area contributed by atoms with Crippen molar-refractivity contribution in [2.45, 2.75) is 33.3 Å². The number of rotatable bonds is 7. The van der Waals surface area contributed by atoms with Crippen LogP contribution in [0.2, 0.25) is 0 Å². The summed E-state index contributed by atoms with van der Waals surface area (Å²) in [5.41, 5.74) is 6.38. The van der Waals surface area contributed by atoms with E-state index < -0.39 is 6.10 Å². The van der Waals surface area contributed by atoms with Crippen LogP contribution in [0, 0.1) is 5.92 Å². The fourth-order valence-corrected chi connectivity index (χ4v) is 1.48. The molecule has 0 aliphatic rings. The molecule has 5 heteroatoms. The Balaban J connectivity index is 2.47. The molecule has 0 aliphatic heterocycles.